The zero-order chi connectivity index (χ0) is 19.4. The van der Waals surface area contributed by atoms with Crippen molar-refractivity contribution in [2.24, 2.45) is 5.92 Å². The predicted octanol–water partition coefficient (Wildman–Crippen LogP) is 3.90. The van der Waals surface area contributed by atoms with Gasteiger partial charge in [-0.05, 0) is 48.6 Å². The molecule has 1 N–H and O–H groups in total. The maximum absolute atomic E-state index is 12.9. The fraction of sp³-hybridized carbons (Fsp3) is 0.350. The van der Waals surface area contributed by atoms with Crippen molar-refractivity contribution in [3.63, 3.8) is 0 Å². The van der Waals surface area contributed by atoms with Gasteiger partial charge in [0.15, 0.2) is 0 Å². The molecule has 0 saturated carbocycles. The lowest BCUT2D eigenvalue weighted by molar-refractivity contribution is -0.384. The van der Waals surface area contributed by atoms with Crippen LogP contribution in [0.2, 0.25) is 0 Å². The van der Waals surface area contributed by atoms with Crippen LogP contribution >= 0.6 is 0 Å². The molecular formula is C20H22FN3O3. The maximum Gasteiger partial charge on any atom is 0.293 e. The molecule has 0 spiro atoms. The summed E-state index contributed by atoms with van der Waals surface area (Å²) in [6.07, 6.45) is 2.12. The molecule has 0 aliphatic carbocycles. The Morgan fingerprint density at radius 3 is 2.70 bits per heavy atom. The van der Waals surface area contributed by atoms with Crippen molar-refractivity contribution >= 4 is 17.3 Å². The molecule has 3 rings (SSSR count). The average molecular weight is 371 g/mol. The van der Waals surface area contributed by atoms with E-state index in [2.05, 4.69) is 12.2 Å². The van der Waals surface area contributed by atoms with E-state index in [9.17, 15) is 19.3 Å². The molecule has 0 unspecified atom stereocenters. The van der Waals surface area contributed by atoms with Crippen molar-refractivity contribution in [3.05, 3.63) is 69.5 Å². The van der Waals surface area contributed by atoms with Crippen LogP contribution in [0.4, 0.5) is 15.8 Å². The number of hydrogen-bond acceptors (Lipinski definition) is 4. The topological polar surface area (TPSA) is 75.5 Å². The number of anilines is 1. The molecule has 7 heteroatoms. The van der Waals surface area contributed by atoms with Crippen LogP contribution in [0, 0.1) is 21.8 Å². The second kappa shape index (κ2) is 8.16. The van der Waals surface area contributed by atoms with E-state index in [1.807, 2.05) is 4.90 Å². The van der Waals surface area contributed by atoms with Gasteiger partial charge in [0.05, 0.1) is 4.92 Å². The van der Waals surface area contributed by atoms with Crippen molar-refractivity contribution in [3.8, 4) is 0 Å². The molecule has 2 aromatic carbocycles. The molecule has 1 atom stereocenters. The number of rotatable bonds is 5. The average Bonchev–Trinajstić information content (AvgIpc) is 2.66. The van der Waals surface area contributed by atoms with E-state index in [-0.39, 0.29) is 23.6 Å². The zero-order valence-electron chi connectivity index (χ0n) is 15.2. The third kappa shape index (κ3) is 4.61. The highest BCUT2D eigenvalue weighted by molar-refractivity contribution is 5.95. The zero-order valence-corrected chi connectivity index (χ0v) is 15.2. The number of carbonyl (C=O) groups excluding carboxylic acids is 1. The van der Waals surface area contributed by atoms with E-state index in [4.69, 9.17) is 0 Å². The SMILES string of the molecule is C[C@@H]1CCCN(c2ccc(C(=O)NCc3ccc(F)cc3)cc2[N+](=O)[O-])C1. The van der Waals surface area contributed by atoms with Crippen LogP contribution in [-0.4, -0.2) is 23.9 Å². The number of nitro groups is 1. The smallest absolute Gasteiger partial charge is 0.293 e. The summed E-state index contributed by atoms with van der Waals surface area (Å²) in [6.45, 7) is 3.91. The van der Waals surface area contributed by atoms with E-state index in [0.29, 0.717) is 11.6 Å². The first-order valence-electron chi connectivity index (χ1n) is 9.00. The number of nitrogens with zero attached hydrogens (tertiary/aromatic N) is 2. The summed E-state index contributed by atoms with van der Waals surface area (Å²) < 4.78 is 12.9. The van der Waals surface area contributed by atoms with Crippen LogP contribution in [-0.2, 0) is 6.54 Å². The van der Waals surface area contributed by atoms with Gasteiger partial charge in [-0.25, -0.2) is 4.39 Å². The van der Waals surface area contributed by atoms with Gasteiger partial charge >= 0.3 is 0 Å². The van der Waals surface area contributed by atoms with Crippen LogP contribution < -0.4 is 10.2 Å². The van der Waals surface area contributed by atoms with E-state index in [1.165, 1.54) is 18.2 Å². The summed E-state index contributed by atoms with van der Waals surface area (Å²) in [4.78, 5) is 25.5. The van der Waals surface area contributed by atoms with Crippen LogP contribution in [0.3, 0.4) is 0 Å². The standard InChI is InChI=1S/C20H22FN3O3/c1-14-3-2-10-23(13-14)18-9-6-16(11-19(18)24(26)27)20(25)22-12-15-4-7-17(21)8-5-15/h4-9,11,14H,2-3,10,12-13H2,1H3,(H,22,25)/t14-/m1/s1. The van der Waals surface area contributed by atoms with Gasteiger partial charge < -0.3 is 10.2 Å². The van der Waals surface area contributed by atoms with Crippen LogP contribution in [0.1, 0.15) is 35.7 Å². The van der Waals surface area contributed by atoms with E-state index in [0.717, 1.165) is 31.5 Å². The normalized spacial score (nSPS) is 16.8. The molecule has 2 aromatic rings. The van der Waals surface area contributed by atoms with Crippen molar-refractivity contribution in [2.75, 3.05) is 18.0 Å². The van der Waals surface area contributed by atoms with Gasteiger partial charge in [-0.15, -0.1) is 0 Å². The summed E-state index contributed by atoms with van der Waals surface area (Å²) in [7, 11) is 0. The lowest BCUT2D eigenvalue weighted by Gasteiger charge is -2.32. The highest BCUT2D eigenvalue weighted by Crippen LogP contribution is 2.32. The largest absolute Gasteiger partial charge is 0.366 e. The van der Waals surface area contributed by atoms with Gasteiger partial charge in [0.25, 0.3) is 11.6 Å². The Kier molecular flexibility index (Phi) is 5.69. The number of amides is 1. The molecule has 0 aromatic heterocycles. The third-order valence-electron chi connectivity index (χ3n) is 4.80. The van der Waals surface area contributed by atoms with Crippen molar-refractivity contribution in [1.29, 1.82) is 0 Å². The van der Waals surface area contributed by atoms with Gasteiger partial charge in [0.2, 0.25) is 0 Å². The molecule has 1 fully saturated rings. The van der Waals surface area contributed by atoms with E-state index in [1.54, 1.807) is 24.3 Å². The first-order valence-corrected chi connectivity index (χ1v) is 9.00. The lowest BCUT2D eigenvalue weighted by Crippen LogP contribution is -2.34. The van der Waals surface area contributed by atoms with Gasteiger partial charge in [-0.1, -0.05) is 19.1 Å². The molecule has 142 valence electrons. The Morgan fingerprint density at radius 2 is 2.04 bits per heavy atom. The Balaban J connectivity index is 1.75. The minimum absolute atomic E-state index is 0.0569. The van der Waals surface area contributed by atoms with Gasteiger partial charge in [0, 0.05) is 31.3 Å². The summed E-state index contributed by atoms with van der Waals surface area (Å²) in [5.41, 5.74) is 1.48. The number of nitrogens with one attached hydrogen (secondary N) is 1. The number of nitro benzene ring substituents is 1. The molecule has 1 aliphatic rings. The third-order valence-corrected chi connectivity index (χ3v) is 4.80. The van der Waals surface area contributed by atoms with Crippen LogP contribution in [0.15, 0.2) is 42.5 Å². The molecule has 27 heavy (non-hydrogen) atoms. The Bertz CT molecular complexity index is 839. The summed E-state index contributed by atoms with van der Waals surface area (Å²) >= 11 is 0. The quantitative estimate of drug-likeness (QED) is 0.639. The summed E-state index contributed by atoms with van der Waals surface area (Å²) in [6, 6.07) is 10.4. The van der Waals surface area contributed by atoms with Crippen LogP contribution in [0.5, 0.6) is 0 Å². The number of benzene rings is 2. The minimum atomic E-state index is -0.439. The van der Waals surface area contributed by atoms with Crippen molar-refractivity contribution in [2.45, 2.75) is 26.3 Å². The minimum Gasteiger partial charge on any atom is -0.366 e. The number of halogens is 1. The first kappa shape index (κ1) is 18.8. The monoisotopic (exact) mass is 371 g/mol. The first-order chi connectivity index (χ1) is 12.9. The molecule has 6 nitrogen and oxygen atoms in total. The number of hydrogen-bond donors (Lipinski definition) is 1. The second-order valence-electron chi connectivity index (χ2n) is 6.96. The molecule has 1 heterocycles. The highest BCUT2D eigenvalue weighted by atomic mass is 19.1. The molecule has 1 amide bonds. The van der Waals surface area contributed by atoms with Crippen molar-refractivity contribution < 1.29 is 14.1 Å². The van der Waals surface area contributed by atoms with E-state index >= 15 is 0 Å². The Hall–Kier alpha value is -2.96. The lowest BCUT2D eigenvalue weighted by atomic mass is 9.99. The number of carbonyl (C=O) groups is 1. The maximum atomic E-state index is 12.9. The molecule has 0 bridgehead atoms. The van der Waals surface area contributed by atoms with Crippen LogP contribution in [0.25, 0.3) is 0 Å². The Morgan fingerprint density at radius 1 is 1.30 bits per heavy atom. The number of piperidine rings is 1. The van der Waals surface area contributed by atoms with Gasteiger partial charge in [-0.3, -0.25) is 14.9 Å². The molecule has 0 radical (unpaired) electrons. The van der Waals surface area contributed by atoms with Gasteiger partial charge in [-0.2, -0.15) is 0 Å². The van der Waals surface area contributed by atoms with Gasteiger partial charge in [0.1, 0.15) is 11.5 Å². The highest BCUT2D eigenvalue weighted by Gasteiger charge is 2.25. The second-order valence-corrected chi connectivity index (χ2v) is 6.96. The van der Waals surface area contributed by atoms with Crippen molar-refractivity contribution in [1.82, 2.24) is 5.32 Å². The Labute approximate surface area is 157 Å². The molecule has 1 aliphatic heterocycles. The predicted molar refractivity (Wildman–Crippen MR) is 101 cm³/mol. The molecular weight excluding hydrogens is 349 g/mol. The fourth-order valence-corrected chi connectivity index (χ4v) is 3.37. The van der Waals surface area contributed by atoms with E-state index < -0.39 is 10.8 Å². The summed E-state index contributed by atoms with van der Waals surface area (Å²) in [5, 5.41) is 14.3. The summed E-state index contributed by atoms with van der Waals surface area (Å²) in [5.74, 6) is -0.263. The fourth-order valence-electron chi connectivity index (χ4n) is 3.37. The molecule has 1 saturated heterocycles.